The van der Waals surface area contributed by atoms with Gasteiger partial charge in [0.2, 0.25) is 0 Å². The Morgan fingerprint density at radius 3 is 3.05 bits per heavy atom. The molecule has 0 aromatic heterocycles. The molecule has 0 bridgehead atoms. The Morgan fingerprint density at radius 1 is 1.42 bits per heavy atom. The summed E-state index contributed by atoms with van der Waals surface area (Å²) in [5.74, 6) is 0.424. The van der Waals surface area contributed by atoms with Crippen molar-refractivity contribution in [3.8, 4) is 0 Å². The van der Waals surface area contributed by atoms with E-state index in [-0.39, 0.29) is 6.10 Å². The molecule has 1 fully saturated rings. The van der Waals surface area contributed by atoms with Crippen LogP contribution in [0.5, 0.6) is 0 Å². The summed E-state index contributed by atoms with van der Waals surface area (Å²) in [6, 6.07) is 5.71. The van der Waals surface area contributed by atoms with Gasteiger partial charge in [-0.3, -0.25) is 0 Å². The minimum atomic E-state index is 0.0289. The van der Waals surface area contributed by atoms with E-state index in [1.807, 2.05) is 12.1 Å². The highest BCUT2D eigenvalue weighted by molar-refractivity contribution is 6.42. The first-order chi connectivity index (χ1) is 9.24. The molecule has 1 aromatic carbocycles. The first kappa shape index (κ1) is 15.1. The minimum Gasteiger partial charge on any atom is -0.383 e. The number of rotatable bonds is 6. The van der Waals surface area contributed by atoms with Crippen molar-refractivity contribution < 1.29 is 9.47 Å². The van der Waals surface area contributed by atoms with E-state index in [1.165, 1.54) is 0 Å². The van der Waals surface area contributed by atoms with Gasteiger partial charge in [0, 0.05) is 38.3 Å². The zero-order chi connectivity index (χ0) is 13.7. The lowest BCUT2D eigenvalue weighted by Gasteiger charge is -2.20. The van der Waals surface area contributed by atoms with Crippen LogP contribution in [0.3, 0.4) is 0 Å². The Labute approximate surface area is 124 Å². The maximum atomic E-state index is 6.27. The summed E-state index contributed by atoms with van der Waals surface area (Å²) in [5.41, 5.74) is 0.991. The molecular weight excluding hydrogens is 285 g/mol. The monoisotopic (exact) mass is 303 g/mol. The van der Waals surface area contributed by atoms with Crippen LogP contribution in [-0.2, 0) is 9.47 Å². The van der Waals surface area contributed by atoms with Gasteiger partial charge in [-0.2, -0.15) is 0 Å². The predicted molar refractivity (Wildman–Crippen MR) is 78.0 cm³/mol. The summed E-state index contributed by atoms with van der Waals surface area (Å²) in [6.07, 6.45) is 1.06. The molecule has 0 radical (unpaired) electrons. The third-order valence-corrected chi connectivity index (χ3v) is 4.23. The molecule has 2 unspecified atom stereocenters. The van der Waals surface area contributed by atoms with Crippen LogP contribution in [0.4, 0.5) is 0 Å². The molecule has 5 heteroatoms. The summed E-state index contributed by atoms with van der Waals surface area (Å²) in [4.78, 5) is 0. The maximum Gasteiger partial charge on any atom is 0.0880 e. The van der Waals surface area contributed by atoms with E-state index in [9.17, 15) is 0 Å². The number of hydrogen-bond donors (Lipinski definition) is 1. The van der Waals surface area contributed by atoms with Gasteiger partial charge in [0.25, 0.3) is 0 Å². The van der Waals surface area contributed by atoms with Gasteiger partial charge in [-0.05, 0) is 12.5 Å². The molecule has 2 rings (SSSR count). The van der Waals surface area contributed by atoms with Gasteiger partial charge < -0.3 is 14.8 Å². The first-order valence-corrected chi connectivity index (χ1v) is 7.24. The topological polar surface area (TPSA) is 30.5 Å². The second-order valence-corrected chi connectivity index (χ2v) is 5.47. The van der Waals surface area contributed by atoms with E-state index in [0.29, 0.717) is 16.0 Å². The fourth-order valence-electron chi connectivity index (χ4n) is 2.39. The van der Waals surface area contributed by atoms with Crippen LogP contribution >= 0.6 is 23.2 Å². The van der Waals surface area contributed by atoms with E-state index >= 15 is 0 Å². The van der Waals surface area contributed by atoms with Gasteiger partial charge in [0.15, 0.2) is 0 Å². The molecule has 19 heavy (non-hydrogen) atoms. The SMILES string of the molecule is COCCNCC1CCOC1c1cccc(Cl)c1Cl. The molecule has 0 saturated carbocycles. The molecule has 1 aliphatic rings. The van der Waals surface area contributed by atoms with Crippen molar-refractivity contribution in [3.63, 3.8) is 0 Å². The van der Waals surface area contributed by atoms with Crippen LogP contribution in [0.2, 0.25) is 10.0 Å². The number of benzene rings is 1. The summed E-state index contributed by atoms with van der Waals surface area (Å²) in [7, 11) is 1.70. The van der Waals surface area contributed by atoms with E-state index in [1.54, 1.807) is 13.2 Å². The molecular formula is C14H19Cl2NO2. The van der Waals surface area contributed by atoms with Gasteiger partial charge in [0.05, 0.1) is 22.8 Å². The highest BCUT2D eigenvalue weighted by Gasteiger charge is 2.31. The average molecular weight is 304 g/mol. The van der Waals surface area contributed by atoms with Crippen LogP contribution < -0.4 is 5.32 Å². The summed E-state index contributed by atoms with van der Waals surface area (Å²) < 4.78 is 10.9. The van der Waals surface area contributed by atoms with Crippen LogP contribution in [0, 0.1) is 5.92 Å². The molecule has 1 saturated heterocycles. The fraction of sp³-hybridized carbons (Fsp3) is 0.571. The number of methoxy groups -OCH3 is 1. The normalized spacial score (nSPS) is 22.9. The van der Waals surface area contributed by atoms with Crippen molar-refractivity contribution in [1.82, 2.24) is 5.32 Å². The van der Waals surface area contributed by atoms with Crippen molar-refractivity contribution in [3.05, 3.63) is 33.8 Å². The van der Waals surface area contributed by atoms with Crippen molar-refractivity contribution in [2.45, 2.75) is 12.5 Å². The molecule has 1 heterocycles. The van der Waals surface area contributed by atoms with E-state index < -0.39 is 0 Å². The zero-order valence-corrected chi connectivity index (χ0v) is 12.5. The predicted octanol–water partition coefficient (Wildman–Crippen LogP) is 3.31. The van der Waals surface area contributed by atoms with E-state index in [0.717, 1.165) is 38.3 Å². The Bertz CT molecular complexity index is 414. The zero-order valence-electron chi connectivity index (χ0n) is 11.0. The fourth-order valence-corrected chi connectivity index (χ4v) is 2.80. The summed E-state index contributed by atoms with van der Waals surface area (Å²) in [5, 5.41) is 4.57. The molecule has 3 nitrogen and oxygen atoms in total. The highest BCUT2D eigenvalue weighted by atomic mass is 35.5. The molecule has 2 atom stereocenters. The van der Waals surface area contributed by atoms with Crippen LogP contribution in [-0.4, -0.2) is 33.4 Å². The number of nitrogens with one attached hydrogen (secondary N) is 1. The lowest BCUT2D eigenvalue weighted by Crippen LogP contribution is -2.27. The van der Waals surface area contributed by atoms with Crippen molar-refractivity contribution in [2.75, 3.05) is 33.4 Å². The number of ether oxygens (including phenoxy) is 2. The molecule has 1 aromatic rings. The third-order valence-electron chi connectivity index (χ3n) is 3.39. The van der Waals surface area contributed by atoms with Gasteiger partial charge in [0.1, 0.15) is 0 Å². The van der Waals surface area contributed by atoms with Gasteiger partial charge in [-0.25, -0.2) is 0 Å². The lowest BCUT2D eigenvalue weighted by atomic mass is 9.95. The van der Waals surface area contributed by atoms with Crippen LogP contribution in [0.15, 0.2) is 18.2 Å². The molecule has 106 valence electrons. The minimum absolute atomic E-state index is 0.0289. The number of hydrogen-bond acceptors (Lipinski definition) is 3. The summed E-state index contributed by atoms with van der Waals surface area (Å²) >= 11 is 12.3. The second kappa shape index (κ2) is 7.46. The summed E-state index contributed by atoms with van der Waals surface area (Å²) in [6.45, 7) is 3.24. The van der Waals surface area contributed by atoms with E-state index in [2.05, 4.69) is 5.32 Å². The average Bonchev–Trinajstić information content (AvgIpc) is 2.86. The molecule has 0 amide bonds. The third kappa shape index (κ3) is 3.83. The Balaban J connectivity index is 2.00. The standard InChI is InChI=1S/C14H19Cl2NO2/c1-18-8-6-17-9-10-5-7-19-14(10)11-3-2-4-12(15)13(11)16/h2-4,10,14,17H,5-9H2,1H3. The largest absolute Gasteiger partial charge is 0.383 e. The van der Waals surface area contributed by atoms with Crippen molar-refractivity contribution in [1.29, 1.82) is 0 Å². The number of halogens is 2. The smallest absolute Gasteiger partial charge is 0.0880 e. The Morgan fingerprint density at radius 2 is 2.26 bits per heavy atom. The highest BCUT2D eigenvalue weighted by Crippen LogP contribution is 2.39. The Hall–Kier alpha value is -0.320. The molecule has 0 spiro atoms. The van der Waals surface area contributed by atoms with Crippen LogP contribution in [0.25, 0.3) is 0 Å². The molecule has 0 aliphatic carbocycles. The van der Waals surface area contributed by atoms with Gasteiger partial charge in [-0.15, -0.1) is 0 Å². The molecule has 1 N–H and O–H groups in total. The Kier molecular flexibility index (Phi) is 5.92. The second-order valence-electron chi connectivity index (χ2n) is 4.68. The first-order valence-electron chi connectivity index (χ1n) is 6.49. The van der Waals surface area contributed by atoms with Crippen molar-refractivity contribution >= 4 is 23.2 Å². The van der Waals surface area contributed by atoms with Crippen molar-refractivity contribution in [2.24, 2.45) is 5.92 Å². The quantitative estimate of drug-likeness (QED) is 0.818. The van der Waals surface area contributed by atoms with Gasteiger partial charge >= 0.3 is 0 Å². The maximum absolute atomic E-state index is 6.27. The van der Waals surface area contributed by atoms with E-state index in [4.69, 9.17) is 32.7 Å². The molecule has 1 aliphatic heterocycles. The van der Waals surface area contributed by atoms with Crippen LogP contribution in [0.1, 0.15) is 18.1 Å². The van der Waals surface area contributed by atoms with Gasteiger partial charge in [-0.1, -0.05) is 35.3 Å². The lowest BCUT2D eigenvalue weighted by molar-refractivity contribution is 0.0899.